The molecule has 9 aromatic carbocycles. The Bertz CT molecular complexity index is 3920. The molecule has 0 aliphatic carbocycles. The minimum Gasteiger partial charge on any atom is -0.496 e. The van der Waals surface area contributed by atoms with E-state index in [2.05, 4.69) is 76.0 Å². The van der Waals surface area contributed by atoms with Crippen molar-refractivity contribution in [1.29, 1.82) is 5.26 Å². The van der Waals surface area contributed by atoms with Crippen molar-refractivity contribution >= 4 is 29.2 Å². The van der Waals surface area contributed by atoms with Gasteiger partial charge >= 0.3 is 11.8 Å². The van der Waals surface area contributed by atoms with Gasteiger partial charge in [0.15, 0.2) is 63.6 Å². The lowest BCUT2D eigenvalue weighted by Crippen LogP contribution is -2.10. The monoisotopic (exact) mass is 1400 g/mol. The van der Waals surface area contributed by atoms with Gasteiger partial charge in [-0.05, 0) is 194 Å². The third-order valence-electron chi connectivity index (χ3n) is 13.1. The van der Waals surface area contributed by atoms with E-state index in [0.29, 0.717) is 28.4 Å². The Morgan fingerprint density at radius 1 is 0.414 bits per heavy atom. The molecule has 9 aromatic rings. The molecule has 0 atom stereocenters. The van der Waals surface area contributed by atoms with Gasteiger partial charge in [-0.3, -0.25) is 15.4 Å². The lowest BCUT2D eigenvalue weighted by Gasteiger charge is -2.07. The summed E-state index contributed by atoms with van der Waals surface area (Å²) in [5.41, 5.74) is 10.1. The van der Waals surface area contributed by atoms with Gasteiger partial charge in [0, 0.05) is 22.2 Å². The van der Waals surface area contributed by atoms with Gasteiger partial charge in [0.1, 0.15) is 17.6 Å². The summed E-state index contributed by atoms with van der Waals surface area (Å²) < 4.78 is 132. The molecule has 23 heteroatoms. The van der Waals surface area contributed by atoms with Crippen LogP contribution in [0.4, 0.5) is 46.9 Å². The highest BCUT2D eigenvalue weighted by molar-refractivity contribution is 7.98. The van der Waals surface area contributed by atoms with Crippen LogP contribution in [0.1, 0.15) is 61.2 Å². The second-order valence-corrected chi connectivity index (χ2v) is 21.8. The Hall–Kier alpha value is -10.6. The number of nitrogens with one attached hydrogen (secondary N) is 1. The van der Waals surface area contributed by atoms with Crippen LogP contribution in [0.3, 0.4) is 0 Å². The first kappa shape index (κ1) is 86.4. The van der Waals surface area contributed by atoms with Crippen molar-refractivity contribution < 1.29 is 83.1 Å². The van der Waals surface area contributed by atoms with E-state index in [9.17, 15) is 45.6 Å². The largest absolute Gasteiger partial charge is 0.496 e. The number of rotatable bonds is 11. The van der Waals surface area contributed by atoms with E-state index in [-0.39, 0.29) is 17.3 Å². The number of nitro benzene ring substituents is 1. The van der Waals surface area contributed by atoms with E-state index in [1.807, 2.05) is 101 Å². The Morgan fingerprint density at radius 2 is 0.798 bits per heavy atom. The van der Waals surface area contributed by atoms with Crippen molar-refractivity contribution in [2.24, 2.45) is 0 Å². The molecule has 0 saturated carbocycles. The number of ether oxygens (including phenoxy) is 9. The average Bonchev–Trinajstić information content (AvgIpc) is 0.811. The molecule has 0 saturated heterocycles. The minimum atomic E-state index is -1.51. The molecule has 0 heterocycles. The first-order valence-electron chi connectivity index (χ1n) is 29.7. The number of nitrogens with zero attached hydrogens (tertiary/aromatic N) is 2. The van der Waals surface area contributed by atoms with Crippen LogP contribution in [-0.2, 0) is 4.74 Å². The number of methoxy groups -OCH3 is 9. The molecule has 0 bridgehead atoms. The average molecular weight is 1400 g/mol. The number of carbonyl (C=O) groups is 1. The highest BCUT2D eigenvalue weighted by atomic mass is 32.2. The number of halogens is 7. The van der Waals surface area contributed by atoms with Crippen LogP contribution in [0.5, 0.6) is 46.0 Å². The van der Waals surface area contributed by atoms with Crippen molar-refractivity contribution in [3.63, 3.8) is 0 Å². The molecule has 532 valence electrons. The number of hydrogen-bond acceptors (Lipinski definition) is 14. The number of benzene rings is 9. The maximum Gasteiger partial charge on any atom is 0.411 e. The van der Waals surface area contributed by atoms with E-state index in [4.69, 9.17) is 33.7 Å². The summed E-state index contributed by atoms with van der Waals surface area (Å²) in [5.74, 6) is -5.14. The minimum absolute atomic E-state index is 0.0116. The first-order chi connectivity index (χ1) is 46.9. The highest BCUT2D eigenvalue weighted by Gasteiger charge is 2.23. The topological polar surface area (TPSA) is 179 Å². The predicted molar refractivity (Wildman–Crippen MR) is 377 cm³/mol. The maximum atomic E-state index is 12.8. The van der Waals surface area contributed by atoms with Crippen LogP contribution in [0.15, 0.2) is 157 Å². The van der Waals surface area contributed by atoms with E-state index in [0.717, 1.165) is 59.2 Å². The maximum absolute atomic E-state index is 12.8. The second-order valence-electron chi connectivity index (χ2n) is 20.9. The number of anilines is 1. The van der Waals surface area contributed by atoms with Crippen molar-refractivity contribution in [3.8, 4) is 52.1 Å². The van der Waals surface area contributed by atoms with Gasteiger partial charge in [-0.25, -0.2) is 26.7 Å². The number of hydrogen-bond donors (Lipinski definition) is 1. The van der Waals surface area contributed by atoms with Crippen LogP contribution in [0, 0.1) is 131 Å². The number of thioether (sulfide) groups is 1. The molecule has 0 radical (unpaired) electrons. The van der Waals surface area contributed by atoms with Gasteiger partial charge in [-0.15, -0.1) is 11.8 Å². The summed E-state index contributed by atoms with van der Waals surface area (Å²) in [4.78, 5) is 22.1. The van der Waals surface area contributed by atoms with E-state index in [1.54, 1.807) is 84.4 Å². The molecule has 1 amide bonds. The van der Waals surface area contributed by atoms with E-state index >= 15 is 0 Å². The summed E-state index contributed by atoms with van der Waals surface area (Å²) in [6, 6.07) is 47.8. The summed E-state index contributed by atoms with van der Waals surface area (Å²) in [5, 5.41) is 21.7. The number of nitriles is 1. The molecular weight excluding hydrogens is 1310 g/mol. The zero-order valence-corrected chi connectivity index (χ0v) is 60.1. The number of nitro groups is 1. The third kappa shape index (κ3) is 30.6. The van der Waals surface area contributed by atoms with Gasteiger partial charge in [0.2, 0.25) is 11.6 Å². The predicted octanol–water partition coefficient (Wildman–Crippen LogP) is 20.0. The van der Waals surface area contributed by atoms with Crippen molar-refractivity contribution in [1.82, 2.24) is 0 Å². The molecule has 0 spiro atoms. The van der Waals surface area contributed by atoms with Crippen LogP contribution >= 0.6 is 11.8 Å². The van der Waals surface area contributed by atoms with Gasteiger partial charge in [0.25, 0.3) is 0 Å². The fraction of sp³-hybridized carbons (Fsp3) is 0.263. The van der Waals surface area contributed by atoms with Crippen LogP contribution < -0.4 is 43.2 Å². The zero-order valence-electron chi connectivity index (χ0n) is 59.3. The van der Waals surface area contributed by atoms with Crippen LogP contribution in [0.2, 0.25) is 0 Å². The SMILES string of the molecule is COC(=O)Nc1ccc(C)cc1.COc1c(F)c(F)c(C)c(F)c1F.COc1c(F)cc(C)cc1F.COc1ccc(C)cc1C.COc1ccc(C)cc1C#N.COc1ccc(C)cc1F.COc1ccc(C)cc1OC.COc1ccc(C)cc1[N+](=O)[O-].CSc1ccc(C)cc1. The van der Waals surface area contributed by atoms with Crippen molar-refractivity contribution in [3.05, 3.63) is 264 Å². The Balaban J connectivity index is 0.000000558. The van der Waals surface area contributed by atoms with Gasteiger partial charge in [-0.2, -0.15) is 14.0 Å². The first-order valence-corrected chi connectivity index (χ1v) is 30.9. The molecule has 0 aliphatic rings. The lowest BCUT2D eigenvalue weighted by molar-refractivity contribution is -0.385. The summed E-state index contributed by atoms with van der Waals surface area (Å²) in [6.07, 6.45) is 1.64. The molecule has 0 aromatic heterocycles. The molecule has 0 fully saturated rings. The standard InChI is InChI=1S/C9H11NO2.C9H9NO.C9H12O2.C9H12O.C8H6F4O.C8H8F2O.C8H9FO.C8H9NO3.C8H10S/c1-7-3-5-8(6-4-7)10-9(11)12-2;1-7-3-4-9(11-2)8(5-7)6-10;1-7-4-5-8(10-2)9(6-7)11-3;1-7-4-5-9(10-3)8(2)6-7;1-3-4(9)6(11)8(13-2)7(12)5(3)10;1-5-3-6(9)8(11-2)7(10)4-5;1-6-3-4-8(10-2)7(9)5-6;1-6-3-4-8(12-2)7(5-6)9(10)11;1-7-3-5-8(9-2)6-4-7/h3-6H,1-2H3,(H,10,11);3-5H,1-2H3;4-6H,1-3H3;4-6H,1-3H3;1-2H3;3-4H,1-2H3;3-5H,1-2H3;3-5H,1-2H3;3-6H,1-2H3. The summed E-state index contributed by atoms with van der Waals surface area (Å²) in [6.45, 7) is 18.4. The smallest absolute Gasteiger partial charge is 0.411 e. The molecule has 0 unspecified atom stereocenters. The molecule has 99 heavy (non-hydrogen) atoms. The second kappa shape index (κ2) is 45.8. The van der Waals surface area contributed by atoms with Crippen LogP contribution in [-0.4, -0.2) is 81.3 Å². The number of aryl methyl sites for hydroxylation is 9. The fourth-order valence-corrected chi connectivity index (χ4v) is 8.27. The van der Waals surface area contributed by atoms with Gasteiger partial charge in [0.05, 0.1) is 74.5 Å². The summed E-state index contributed by atoms with van der Waals surface area (Å²) >= 11 is 1.78. The highest BCUT2D eigenvalue weighted by Crippen LogP contribution is 2.31. The molecule has 9 rings (SSSR count). The van der Waals surface area contributed by atoms with Crippen LogP contribution in [0.25, 0.3) is 0 Å². The zero-order chi connectivity index (χ0) is 75.1. The van der Waals surface area contributed by atoms with Gasteiger partial charge in [-0.1, -0.05) is 77.4 Å². The molecule has 15 nitrogen and oxygen atoms in total. The van der Waals surface area contributed by atoms with Crippen molar-refractivity contribution in [2.45, 2.75) is 74.1 Å². The van der Waals surface area contributed by atoms with Crippen molar-refractivity contribution in [2.75, 3.05) is 75.6 Å². The number of amides is 1. The molecule has 0 aliphatic heterocycles. The normalized spacial score (nSPS) is 9.52. The van der Waals surface area contributed by atoms with E-state index < -0.39 is 57.2 Å². The van der Waals surface area contributed by atoms with Gasteiger partial charge < -0.3 is 42.6 Å². The Morgan fingerprint density at radius 3 is 1.21 bits per heavy atom. The summed E-state index contributed by atoms with van der Waals surface area (Å²) in [7, 11) is 12.9. The quantitative estimate of drug-likeness (QED) is 0.0425. The lowest BCUT2D eigenvalue weighted by atomic mass is 10.1. The fourth-order valence-electron chi connectivity index (χ4n) is 7.86. The van der Waals surface area contributed by atoms with E-state index in [1.165, 1.54) is 79.9 Å². The third-order valence-corrected chi connectivity index (χ3v) is 13.9. The molecule has 1 N–H and O–H groups in total. The Labute approximate surface area is 580 Å². The molecular formula is C76H86F7N3O12S. The Kier molecular flexibility index (Phi) is 39.9. The number of carbonyl (C=O) groups excluding carboxylic acids is 1.